The van der Waals surface area contributed by atoms with Gasteiger partial charge in [-0.25, -0.2) is 0 Å². The Bertz CT molecular complexity index is 955. The third-order valence-corrected chi connectivity index (χ3v) is 5.10. The molecule has 0 atom stereocenters. The quantitative estimate of drug-likeness (QED) is 0.713. The number of hydrogen-bond donors (Lipinski definition) is 1. The van der Waals surface area contributed by atoms with Gasteiger partial charge >= 0.3 is 0 Å². The number of amides is 2. The molecule has 0 unspecified atom stereocenters. The van der Waals surface area contributed by atoms with Crippen molar-refractivity contribution in [1.29, 1.82) is 0 Å². The van der Waals surface area contributed by atoms with Gasteiger partial charge in [0, 0.05) is 29.7 Å². The van der Waals surface area contributed by atoms with E-state index in [4.69, 9.17) is 20.4 Å². The van der Waals surface area contributed by atoms with Crippen LogP contribution in [0.25, 0.3) is 11.3 Å². The second kappa shape index (κ2) is 7.94. The van der Waals surface area contributed by atoms with Crippen molar-refractivity contribution in [3.8, 4) is 11.3 Å². The Morgan fingerprint density at radius 2 is 1.79 bits per heavy atom. The molecule has 2 amide bonds. The Kier molecular flexibility index (Phi) is 5.21. The van der Waals surface area contributed by atoms with E-state index in [1.165, 1.54) is 12.5 Å². The van der Waals surface area contributed by atoms with Crippen LogP contribution >= 0.6 is 11.6 Å². The molecule has 144 valence electrons. The molecule has 28 heavy (non-hydrogen) atoms. The number of rotatable bonds is 4. The van der Waals surface area contributed by atoms with E-state index in [0.717, 1.165) is 5.56 Å². The number of hydrogen-bond acceptors (Lipinski definition) is 4. The lowest BCUT2D eigenvalue weighted by Crippen LogP contribution is -2.46. The van der Waals surface area contributed by atoms with Crippen molar-refractivity contribution < 1.29 is 18.4 Å². The smallest absolute Gasteiger partial charge is 0.287 e. The summed E-state index contributed by atoms with van der Waals surface area (Å²) in [6.07, 6.45) is 4.33. The lowest BCUT2D eigenvalue weighted by atomic mass is 10.0. The Labute approximate surface area is 167 Å². The molecule has 1 N–H and O–H groups in total. The number of carbonyl (C=O) groups is 2. The van der Waals surface area contributed by atoms with Crippen LogP contribution in [0.5, 0.6) is 0 Å². The van der Waals surface area contributed by atoms with Crippen LogP contribution < -0.4 is 5.32 Å². The Hall–Kier alpha value is -2.99. The van der Waals surface area contributed by atoms with Gasteiger partial charge in [0.05, 0.1) is 11.8 Å². The van der Waals surface area contributed by atoms with Crippen molar-refractivity contribution in [3.05, 3.63) is 71.3 Å². The van der Waals surface area contributed by atoms with Crippen molar-refractivity contribution >= 4 is 23.4 Å². The zero-order valence-electron chi connectivity index (χ0n) is 15.1. The van der Waals surface area contributed by atoms with Gasteiger partial charge in [-0.2, -0.15) is 0 Å². The summed E-state index contributed by atoms with van der Waals surface area (Å²) >= 11 is 5.90. The predicted molar refractivity (Wildman–Crippen MR) is 104 cm³/mol. The molecular weight excluding hydrogens is 380 g/mol. The van der Waals surface area contributed by atoms with E-state index in [0.29, 0.717) is 42.3 Å². The molecule has 0 saturated carbocycles. The topological polar surface area (TPSA) is 75.7 Å². The maximum absolute atomic E-state index is 12.5. The summed E-state index contributed by atoms with van der Waals surface area (Å²) in [5.74, 6) is 0.584. The van der Waals surface area contributed by atoms with Crippen molar-refractivity contribution in [2.45, 2.75) is 18.9 Å². The molecule has 1 aliphatic heterocycles. The van der Waals surface area contributed by atoms with Crippen LogP contribution in [0, 0.1) is 0 Å². The fourth-order valence-corrected chi connectivity index (χ4v) is 3.41. The van der Waals surface area contributed by atoms with E-state index in [1.54, 1.807) is 35.2 Å². The molecule has 2 aromatic heterocycles. The lowest BCUT2D eigenvalue weighted by molar-refractivity contribution is 0.0695. The highest BCUT2D eigenvalue weighted by atomic mass is 35.5. The van der Waals surface area contributed by atoms with Gasteiger partial charge in [0.25, 0.3) is 11.8 Å². The third kappa shape index (κ3) is 3.97. The Morgan fingerprint density at radius 1 is 1.04 bits per heavy atom. The summed E-state index contributed by atoms with van der Waals surface area (Å²) in [7, 11) is 0. The molecule has 3 heterocycles. The van der Waals surface area contributed by atoms with E-state index < -0.39 is 0 Å². The Morgan fingerprint density at radius 3 is 2.46 bits per heavy atom. The molecule has 1 aromatic carbocycles. The first-order chi connectivity index (χ1) is 13.6. The highest BCUT2D eigenvalue weighted by Gasteiger charge is 2.26. The van der Waals surface area contributed by atoms with Crippen LogP contribution in [-0.2, 0) is 0 Å². The normalized spacial score (nSPS) is 14.8. The molecule has 1 saturated heterocycles. The van der Waals surface area contributed by atoms with Crippen molar-refractivity contribution in [3.63, 3.8) is 0 Å². The number of furan rings is 2. The zero-order valence-corrected chi connectivity index (χ0v) is 15.8. The number of nitrogens with zero attached hydrogens (tertiary/aromatic N) is 1. The van der Waals surface area contributed by atoms with Gasteiger partial charge in [-0.1, -0.05) is 11.6 Å². The summed E-state index contributed by atoms with van der Waals surface area (Å²) in [5.41, 5.74) is 1.40. The van der Waals surface area contributed by atoms with Gasteiger partial charge in [0.1, 0.15) is 12.0 Å². The van der Waals surface area contributed by atoms with E-state index in [-0.39, 0.29) is 23.6 Å². The first-order valence-corrected chi connectivity index (χ1v) is 9.46. The number of nitrogens with one attached hydrogen (secondary N) is 1. The van der Waals surface area contributed by atoms with Crippen LogP contribution in [0.4, 0.5) is 0 Å². The van der Waals surface area contributed by atoms with Gasteiger partial charge in [0.15, 0.2) is 5.76 Å². The molecule has 3 aromatic rings. The zero-order chi connectivity index (χ0) is 19.5. The average Bonchev–Trinajstić information content (AvgIpc) is 3.41. The fraction of sp³-hybridized carbons (Fsp3) is 0.238. The molecule has 0 aliphatic carbocycles. The summed E-state index contributed by atoms with van der Waals surface area (Å²) in [5, 5.41) is 3.64. The monoisotopic (exact) mass is 398 g/mol. The van der Waals surface area contributed by atoms with E-state index in [1.807, 2.05) is 12.1 Å². The minimum absolute atomic E-state index is 0.00461. The largest absolute Gasteiger partial charge is 0.472 e. The number of benzene rings is 1. The van der Waals surface area contributed by atoms with Crippen LogP contribution in [0.2, 0.25) is 5.02 Å². The molecule has 0 radical (unpaired) electrons. The van der Waals surface area contributed by atoms with Crippen LogP contribution in [0.1, 0.15) is 33.8 Å². The number of carbonyl (C=O) groups excluding carboxylic acids is 2. The van der Waals surface area contributed by atoms with Crippen molar-refractivity contribution in [1.82, 2.24) is 10.2 Å². The minimum Gasteiger partial charge on any atom is -0.472 e. The second-order valence-corrected chi connectivity index (χ2v) is 7.16. The first-order valence-electron chi connectivity index (χ1n) is 9.08. The summed E-state index contributed by atoms with van der Waals surface area (Å²) in [6, 6.07) is 12.3. The number of piperidine rings is 1. The molecule has 7 heteroatoms. The van der Waals surface area contributed by atoms with E-state index in [9.17, 15) is 9.59 Å². The molecular formula is C21H19ClN2O4. The summed E-state index contributed by atoms with van der Waals surface area (Å²) in [6.45, 7) is 1.17. The molecule has 1 aliphatic rings. The Balaban J connectivity index is 1.32. The minimum atomic E-state index is -0.250. The molecule has 6 nitrogen and oxygen atoms in total. The summed E-state index contributed by atoms with van der Waals surface area (Å²) < 4.78 is 10.7. The van der Waals surface area contributed by atoms with E-state index >= 15 is 0 Å². The van der Waals surface area contributed by atoms with Crippen LogP contribution in [-0.4, -0.2) is 35.8 Å². The summed E-state index contributed by atoms with van der Waals surface area (Å²) in [4.78, 5) is 26.6. The fourth-order valence-electron chi connectivity index (χ4n) is 3.28. The standard InChI is InChI=1S/C21H19ClN2O4/c22-16-3-1-14(2-4-16)18-5-6-19(28-18)20(25)23-17-7-10-24(11-8-17)21(26)15-9-12-27-13-15/h1-6,9,12-13,17H,7-8,10-11H2,(H,23,25). The van der Waals surface area contributed by atoms with Crippen LogP contribution in [0.3, 0.4) is 0 Å². The molecule has 1 fully saturated rings. The molecule has 4 rings (SSSR count). The lowest BCUT2D eigenvalue weighted by Gasteiger charge is -2.32. The number of likely N-dealkylation sites (tertiary alicyclic amines) is 1. The maximum atomic E-state index is 12.5. The highest BCUT2D eigenvalue weighted by molar-refractivity contribution is 6.30. The average molecular weight is 399 g/mol. The highest BCUT2D eigenvalue weighted by Crippen LogP contribution is 2.24. The first kappa shape index (κ1) is 18.4. The van der Waals surface area contributed by atoms with Gasteiger partial charge in [-0.05, 0) is 55.3 Å². The van der Waals surface area contributed by atoms with Crippen molar-refractivity contribution in [2.75, 3.05) is 13.1 Å². The molecule has 0 bridgehead atoms. The predicted octanol–water partition coefficient (Wildman–Crippen LogP) is 4.23. The molecule has 0 spiro atoms. The maximum Gasteiger partial charge on any atom is 0.287 e. The SMILES string of the molecule is O=C(NC1CCN(C(=O)c2ccoc2)CC1)c1ccc(-c2ccc(Cl)cc2)o1. The van der Waals surface area contributed by atoms with Gasteiger partial charge in [0.2, 0.25) is 0 Å². The van der Waals surface area contributed by atoms with Crippen LogP contribution in [0.15, 0.2) is 63.8 Å². The van der Waals surface area contributed by atoms with Crippen molar-refractivity contribution in [2.24, 2.45) is 0 Å². The number of halogens is 1. The second-order valence-electron chi connectivity index (χ2n) is 6.72. The van der Waals surface area contributed by atoms with E-state index in [2.05, 4.69) is 5.32 Å². The third-order valence-electron chi connectivity index (χ3n) is 4.84. The van der Waals surface area contributed by atoms with Gasteiger partial charge in [-0.15, -0.1) is 0 Å². The van der Waals surface area contributed by atoms with Gasteiger partial charge < -0.3 is 19.1 Å². The van der Waals surface area contributed by atoms with Gasteiger partial charge in [-0.3, -0.25) is 9.59 Å².